The Kier molecular flexibility index (Phi) is 15.8. The van der Waals surface area contributed by atoms with Crippen molar-refractivity contribution in [1.82, 2.24) is 10.9 Å². The molecule has 4 aromatic rings. The summed E-state index contributed by atoms with van der Waals surface area (Å²) in [6, 6.07) is 24.8. The van der Waals surface area contributed by atoms with Crippen LogP contribution in [0, 0.1) is 9.81 Å². The smallest absolute Gasteiger partial charge is 0.744 e. The summed E-state index contributed by atoms with van der Waals surface area (Å²) >= 11 is 0. The molecular formula is C30H24N6Na2O8S2. The van der Waals surface area contributed by atoms with Gasteiger partial charge >= 0.3 is 59.1 Å². The Hall–Kier alpha value is -3.68. The van der Waals surface area contributed by atoms with Crippen LogP contribution in [0.3, 0.4) is 0 Å². The summed E-state index contributed by atoms with van der Waals surface area (Å²) in [5, 5.41) is 5.51. The average Bonchev–Trinajstić information content (AvgIpc) is 3.04. The molecule has 0 saturated carbocycles. The van der Waals surface area contributed by atoms with Gasteiger partial charge in [-0.2, -0.15) is 0 Å². The molecule has 0 spiro atoms. The Morgan fingerprint density at radius 2 is 0.917 bits per heavy atom. The van der Waals surface area contributed by atoms with Gasteiger partial charge in [-0.3, -0.25) is 10.9 Å². The second-order valence-electron chi connectivity index (χ2n) is 9.28. The van der Waals surface area contributed by atoms with Crippen molar-refractivity contribution in [2.75, 3.05) is 10.9 Å². The van der Waals surface area contributed by atoms with E-state index in [1.165, 1.54) is 36.4 Å². The Balaban J connectivity index is 0.00000400. The van der Waals surface area contributed by atoms with Crippen LogP contribution >= 0.6 is 0 Å². The largest absolute Gasteiger partial charge is 1.00 e. The Labute approximate surface area is 320 Å². The molecule has 0 aliphatic carbocycles. The third-order valence-electron chi connectivity index (χ3n) is 6.22. The second-order valence-corrected chi connectivity index (χ2v) is 12.0. The first-order chi connectivity index (χ1) is 22.0. The molecule has 0 amide bonds. The van der Waals surface area contributed by atoms with E-state index in [4.69, 9.17) is 0 Å². The van der Waals surface area contributed by atoms with E-state index in [2.05, 4.69) is 32.1 Å². The fraction of sp³-hybridized carbons (Fsp3) is 0. The summed E-state index contributed by atoms with van der Waals surface area (Å²) in [5.41, 5.74) is 12.7. The van der Waals surface area contributed by atoms with E-state index < -0.39 is 30.0 Å². The molecule has 4 aromatic carbocycles. The zero-order chi connectivity index (χ0) is 33.2. The third kappa shape index (κ3) is 11.5. The van der Waals surface area contributed by atoms with Crippen molar-refractivity contribution in [2.24, 2.45) is 10.4 Å². The van der Waals surface area contributed by atoms with Crippen LogP contribution in [0.1, 0.15) is 22.3 Å². The molecule has 0 unspecified atom stereocenters. The summed E-state index contributed by atoms with van der Waals surface area (Å²) in [6.07, 6.45) is 4.36. The van der Waals surface area contributed by atoms with E-state index >= 15 is 0 Å². The van der Waals surface area contributed by atoms with Crippen molar-refractivity contribution < 1.29 is 85.1 Å². The van der Waals surface area contributed by atoms with Gasteiger partial charge in [-0.1, -0.05) is 84.9 Å². The van der Waals surface area contributed by atoms with Gasteiger partial charge in [-0.15, -0.1) is 9.81 Å². The first kappa shape index (κ1) is 40.5. The van der Waals surface area contributed by atoms with Gasteiger partial charge in [0.15, 0.2) is 0 Å². The van der Waals surface area contributed by atoms with Gasteiger partial charge in [-0.25, -0.2) is 16.8 Å². The zero-order valence-electron chi connectivity index (χ0n) is 25.5. The molecule has 48 heavy (non-hydrogen) atoms. The van der Waals surface area contributed by atoms with E-state index in [0.717, 1.165) is 24.5 Å². The van der Waals surface area contributed by atoms with E-state index in [9.17, 15) is 35.8 Å². The predicted molar refractivity (Wildman–Crippen MR) is 172 cm³/mol. The normalized spacial score (nSPS) is 11.9. The number of hydrogen-bond donors (Lipinski definition) is 4. The van der Waals surface area contributed by atoms with Crippen molar-refractivity contribution in [3.8, 4) is 0 Å². The molecule has 0 aliphatic heterocycles. The fourth-order valence-electron chi connectivity index (χ4n) is 4.09. The van der Waals surface area contributed by atoms with Gasteiger partial charge in [0.05, 0.1) is 45.0 Å². The maximum Gasteiger partial charge on any atom is 1.00 e. The summed E-state index contributed by atoms with van der Waals surface area (Å²) in [5.74, 6) is 0. The Morgan fingerprint density at radius 1 is 0.562 bits per heavy atom. The Morgan fingerprint density at radius 3 is 1.23 bits per heavy atom. The maximum absolute atomic E-state index is 12.1. The summed E-state index contributed by atoms with van der Waals surface area (Å²) in [7, 11) is -10.1. The van der Waals surface area contributed by atoms with Crippen molar-refractivity contribution in [2.45, 2.75) is 9.79 Å². The number of nitroso groups, excluding NO2 is 2. The molecule has 18 heteroatoms. The van der Waals surface area contributed by atoms with Crippen LogP contribution in [0.25, 0.3) is 23.5 Å². The summed E-state index contributed by atoms with van der Waals surface area (Å²) in [4.78, 5) is 20.4. The number of hydrazine groups is 2. The minimum absolute atomic E-state index is 0. The predicted octanol–water partition coefficient (Wildman–Crippen LogP) is -0.964. The number of rotatable bonds is 14. The second kappa shape index (κ2) is 18.8. The van der Waals surface area contributed by atoms with Crippen molar-refractivity contribution in [3.05, 3.63) is 142 Å². The van der Waals surface area contributed by atoms with Crippen LogP contribution in [0.2, 0.25) is 0 Å². The molecule has 14 nitrogen and oxygen atoms in total. The molecule has 4 N–H and O–H groups in total. The monoisotopic (exact) mass is 706 g/mol. The quantitative estimate of drug-likeness (QED) is 0.0409. The minimum Gasteiger partial charge on any atom is -0.744 e. The molecule has 0 radical (unpaired) electrons. The van der Waals surface area contributed by atoms with Crippen LogP contribution in [-0.4, -0.2) is 25.9 Å². The molecular weight excluding hydrogens is 682 g/mol. The molecule has 0 bridgehead atoms. The molecule has 0 atom stereocenters. The van der Waals surface area contributed by atoms with Crippen molar-refractivity contribution >= 4 is 55.2 Å². The number of nitrogens with zero attached hydrogens (tertiary/aromatic N) is 2. The van der Waals surface area contributed by atoms with Crippen molar-refractivity contribution in [1.29, 1.82) is 0 Å². The molecule has 0 heterocycles. The number of nitrogens with one attached hydrogen (secondary N) is 4. The SMILES string of the molecule is O=N/C=C(/NNc1ccc(/C=C/c2ccc(NN/C(=C/N=O)c3ccccc3)cc2S(=O)(=O)[O-])c(S(=O)(=O)[O-])c1)c1ccccc1.[Na+].[Na+]. The van der Waals surface area contributed by atoms with Gasteiger partial charge in [0.1, 0.15) is 20.2 Å². The van der Waals surface area contributed by atoms with Crippen LogP contribution in [0.5, 0.6) is 0 Å². The van der Waals surface area contributed by atoms with Crippen LogP contribution in [-0.2, 0) is 20.2 Å². The molecule has 0 fully saturated rings. The van der Waals surface area contributed by atoms with Gasteiger partial charge in [-0.05, 0) is 45.7 Å². The summed E-state index contributed by atoms with van der Waals surface area (Å²) in [6.45, 7) is 0. The van der Waals surface area contributed by atoms with E-state index in [1.54, 1.807) is 60.7 Å². The van der Waals surface area contributed by atoms with Crippen LogP contribution in [0.4, 0.5) is 11.4 Å². The number of benzene rings is 4. The first-order valence-electron chi connectivity index (χ1n) is 13.1. The average molecular weight is 707 g/mol. The first-order valence-corrected chi connectivity index (χ1v) is 15.9. The molecule has 0 aliphatic rings. The standard InChI is InChI=1S/C30H26N6O8S2.2Na/c37-31-19-27(21-7-3-1-4-8-21)35-33-25-15-13-23(29(17-25)45(39,40)41)11-12-24-14-16-26(18-30(24)46(42,43)44)34-36-28(20-32-38)22-9-5-2-6-10-22;;/h1-20,33-36H,(H,39,40,41)(H,42,43,44);;/q;2*+1/p-2/b12-11+,27-19+,28-20+;;. The molecule has 0 aromatic heterocycles. The van der Waals surface area contributed by atoms with Gasteiger partial charge in [0, 0.05) is 11.1 Å². The third-order valence-corrected chi connectivity index (χ3v) is 8.01. The van der Waals surface area contributed by atoms with Gasteiger partial charge in [0.25, 0.3) is 0 Å². The van der Waals surface area contributed by atoms with E-state index in [1.807, 2.05) is 0 Å². The van der Waals surface area contributed by atoms with E-state index in [0.29, 0.717) is 11.1 Å². The van der Waals surface area contributed by atoms with Gasteiger partial charge < -0.3 is 20.0 Å². The Bertz CT molecular complexity index is 1900. The summed E-state index contributed by atoms with van der Waals surface area (Å²) < 4.78 is 72.8. The number of anilines is 2. The van der Waals surface area contributed by atoms with Crippen LogP contribution < -0.4 is 80.8 Å². The van der Waals surface area contributed by atoms with Crippen LogP contribution in [0.15, 0.2) is 130 Å². The fourth-order valence-corrected chi connectivity index (χ4v) is 5.48. The number of hydrogen-bond acceptors (Lipinski definition) is 14. The zero-order valence-corrected chi connectivity index (χ0v) is 31.2. The molecule has 4 rings (SSSR count). The molecule has 236 valence electrons. The maximum atomic E-state index is 12.1. The molecule has 0 saturated heterocycles. The topological polar surface area (TPSA) is 221 Å². The minimum atomic E-state index is -5.04. The van der Waals surface area contributed by atoms with E-state index in [-0.39, 0.29) is 93.0 Å². The van der Waals surface area contributed by atoms with Gasteiger partial charge in [0.2, 0.25) is 0 Å². The van der Waals surface area contributed by atoms with Crippen molar-refractivity contribution in [3.63, 3.8) is 0 Å².